The SMILES string of the molecule is CN(C)CC1CCN(C(=O)c2cc(N)ccc2Cl)CC1. The van der Waals surface area contributed by atoms with E-state index in [0.29, 0.717) is 22.2 Å². The van der Waals surface area contributed by atoms with Crippen molar-refractivity contribution in [3.63, 3.8) is 0 Å². The molecule has 1 aromatic carbocycles. The van der Waals surface area contributed by atoms with Crippen LogP contribution in [0.25, 0.3) is 0 Å². The fourth-order valence-electron chi connectivity index (χ4n) is 2.71. The van der Waals surface area contributed by atoms with Crippen molar-refractivity contribution in [3.05, 3.63) is 28.8 Å². The highest BCUT2D eigenvalue weighted by Gasteiger charge is 2.25. The summed E-state index contributed by atoms with van der Waals surface area (Å²) >= 11 is 6.10. The number of halogens is 1. The molecule has 110 valence electrons. The van der Waals surface area contributed by atoms with Crippen molar-refractivity contribution in [2.75, 3.05) is 39.5 Å². The smallest absolute Gasteiger partial charge is 0.255 e. The maximum atomic E-state index is 12.5. The molecule has 0 radical (unpaired) electrons. The summed E-state index contributed by atoms with van der Waals surface area (Å²) in [6.45, 7) is 2.67. The first-order chi connectivity index (χ1) is 9.47. The molecule has 1 saturated heterocycles. The highest BCUT2D eigenvalue weighted by atomic mass is 35.5. The van der Waals surface area contributed by atoms with Gasteiger partial charge in [-0.25, -0.2) is 0 Å². The minimum Gasteiger partial charge on any atom is -0.399 e. The van der Waals surface area contributed by atoms with Crippen molar-refractivity contribution >= 4 is 23.2 Å². The molecule has 1 fully saturated rings. The average molecular weight is 296 g/mol. The van der Waals surface area contributed by atoms with Crippen molar-refractivity contribution < 1.29 is 4.79 Å². The summed E-state index contributed by atoms with van der Waals surface area (Å²) in [5, 5.41) is 0.472. The van der Waals surface area contributed by atoms with E-state index in [1.807, 2.05) is 4.90 Å². The summed E-state index contributed by atoms with van der Waals surface area (Å²) in [7, 11) is 4.17. The minimum absolute atomic E-state index is 0.00870. The molecule has 20 heavy (non-hydrogen) atoms. The number of nitrogen functional groups attached to an aromatic ring is 1. The van der Waals surface area contributed by atoms with Crippen LogP contribution >= 0.6 is 11.6 Å². The zero-order chi connectivity index (χ0) is 14.7. The topological polar surface area (TPSA) is 49.6 Å². The molecule has 2 N–H and O–H groups in total. The molecule has 1 heterocycles. The Labute approximate surface area is 125 Å². The second kappa shape index (κ2) is 6.46. The maximum absolute atomic E-state index is 12.5. The van der Waals surface area contributed by atoms with Gasteiger partial charge in [0.1, 0.15) is 0 Å². The second-order valence-corrected chi connectivity index (χ2v) is 6.14. The summed E-state index contributed by atoms with van der Waals surface area (Å²) in [6.07, 6.45) is 2.09. The third-order valence-electron chi connectivity index (χ3n) is 3.75. The predicted octanol–water partition coefficient (Wildman–Crippen LogP) is 2.34. The molecule has 2 rings (SSSR count). The average Bonchev–Trinajstić information content (AvgIpc) is 2.41. The molecule has 4 nitrogen and oxygen atoms in total. The van der Waals surface area contributed by atoms with Crippen LogP contribution in [0.5, 0.6) is 0 Å². The number of carbonyl (C=O) groups is 1. The number of anilines is 1. The van der Waals surface area contributed by atoms with E-state index in [1.54, 1.807) is 18.2 Å². The predicted molar refractivity (Wildman–Crippen MR) is 83.0 cm³/mol. The lowest BCUT2D eigenvalue weighted by Gasteiger charge is -2.33. The van der Waals surface area contributed by atoms with Crippen LogP contribution in [0.3, 0.4) is 0 Å². The van der Waals surface area contributed by atoms with Crippen LogP contribution in [0.15, 0.2) is 18.2 Å². The molecule has 1 aliphatic rings. The molecule has 0 saturated carbocycles. The Bertz CT molecular complexity index is 482. The fraction of sp³-hybridized carbons (Fsp3) is 0.533. The molecule has 0 aromatic heterocycles. The third-order valence-corrected chi connectivity index (χ3v) is 4.08. The minimum atomic E-state index is -0.00870. The molecule has 0 unspecified atom stereocenters. The number of amides is 1. The van der Waals surface area contributed by atoms with E-state index in [9.17, 15) is 4.79 Å². The van der Waals surface area contributed by atoms with E-state index in [2.05, 4.69) is 19.0 Å². The van der Waals surface area contributed by atoms with E-state index >= 15 is 0 Å². The molecule has 5 heteroatoms. The highest BCUT2D eigenvalue weighted by Crippen LogP contribution is 2.24. The Morgan fingerprint density at radius 3 is 2.65 bits per heavy atom. The van der Waals surface area contributed by atoms with E-state index < -0.39 is 0 Å². The molecule has 0 atom stereocenters. The lowest BCUT2D eigenvalue weighted by molar-refractivity contribution is 0.0678. The van der Waals surface area contributed by atoms with Gasteiger partial charge in [0.25, 0.3) is 5.91 Å². The van der Waals surface area contributed by atoms with Crippen molar-refractivity contribution in [2.45, 2.75) is 12.8 Å². The van der Waals surface area contributed by atoms with Crippen LogP contribution in [0.2, 0.25) is 5.02 Å². The Hall–Kier alpha value is -1.26. The van der Waals surface area contributed by atoms with Crippen LogP contribution in [-0.4, -0.2) is 49.4 Å². The van der Waals surface area contributed by atoms with Gasteiger partial charge in [0.05, 0.1) is 10.6 Å². The van der Waals surface area contributed by atoms with Gasteiger partial charge in [-0.2, -0.15) is 0 Å². The number of likely N-dealkylation sites (tertiary alicyclic amines) is 1. The largest absolute Gasteiger partial charge is 0.399 e. The van der Waals surface area contributed by atoms with Crippen molar-refractivity contribution in [3.8, 4) is 0 Å². The van der Waals surface area contributed by atoms with Gasteiger partial charge in [0.15, 0.2) is 0 Å². The second-order valence-electron chi connectivity index (χ2n) is 5.74. The molecule has 1 amide bonds. The van der Waals surface area contributed by atoms with Gasteiger partial charge in [-0.05, 0) is 51.1 Å². The van der Waals surface area contributed by atoms with Gasteiger partial charge >= 0.3 is 0 Å². The molecular weight excluding hydrogens is 274 g/mol. The highest BCUT2D eigenvalue weighted by molar-refractivity contribution is 6.34. The van der Waals surface area contributed by atoms with Crippen LogP contribution in [0.4, 0.5) is 5.69 Å². The van der Waals surface area contributed by atoms with Gasteiger partial charge in [0, 0.05) is 25.3 Å². The first-order valence-electron chi connectivity index (χ1n) is 6.96. The molecule has 0 aliphatic carbocycles. The van der Waals surface area contributed by atoms with Gasteiger partial charge in [0.2, 0.25) is 0 Å². The molecule has 1 aliphatic heterocycles. The molecule has 0 spiro atoms. The van der Waals surface area contributed by atoms with Crippen LogP contribution in [-0.2, 0) is 0 Å². The molecule has 1 aromatic rings. The Morgan fingerprint density at radius 2 is 2.05 bits per heavy atom. The van der Waals surface area contributed by atoms with Gasteiger partial charge in [-0.3, -0.25) is 4.79 Å². The number of nitrogens with zero attached hydrogens (tertiary/aromatic N) is 2. The Balaban J connectivity index is 2.00. The summed E-state index contributed by atoms with van der Waals surface area (Å²) in [4.78, 5) is 16.6. The monoisotopic (exact) mass is 295 g/mol. The maximum Gasteiger partial charge on any atom is 0.255 e. The van der Waals surface area contributed by atoms with E-state index in [-0.39, 0.29) is 5.91 Å². The Morgan fingerprint density at radius 1 is 1.40 bits per heavy atom. The standard InChI is InChI=1S/C15H22ClN3O/c1-18(2)10-11-5-7-19(8-6-11)15(20)13-9-12(17)3-4-14(13)16/h3-4,9,11H,5-8,10,17H2,1-2H3. The van der Waals surface area contributed by atoms with Gasteiger partial charge < -0.3 is 15.5 Å². The quantitative estimate of drug-likeness (QED) is 0.871. The third kappa shape index (κ3) is 3.64. The number of piperidine rings is 1. The summed E-state index contributed by atoms with van der Waals surface area (Å²) in [5.74, 6) is 0.663. The fourth-order valence-corrected chi connectivity index (χ4v) is 2.91. The Kier molecular flexibility index (Phi) is 4.89. The lowest BCUT2D eigenvalue weighted by atomic mass is 9.96. The van der Waals surface area contributed by atoms with Crippen LogP contribution in [0.1, 0.15) is 23.2 Å². The zero-order valence-electron chi connectivity index (χ0n) is 12.1. The summed E-state index contributed by atoms with van der Waals surface area (Å²) in [6, 6.07) is 5.06. The molecular formula is C15H22ClN3O. The number of hydrogen-bond donors (Lipinski definition) is 1. The van der Waals surface area contributed by atoms with E-state index in [1.165, 1.54) is 0 Å². The van der Waals surface area contributed by atoms with E-state index in [4.69, 9.17) is 17.3 Å². The normalized spacial score (nSPS) is 16.7. The summed E-state index contributed by atoms with van der Waals surface area (Å²) < 4.78 is 0. The van der Waals surface area contributed by atoms with Crippen molar-refractivity contribution in [1.29, 1.82) is 0 Å². The van der Waals surface area contributed by atoms with E-state index in [0.717, 1.165) is 32.5 Å². The number of benzene rings is 1. The summed E-state index contributed by atoms with van der Waals surface area (Å²) in [5.41, 5.74) is 6.82. The van der Waals surface area contributed by atoms with Gasteiger partial charge in [-0.15, -0.1) is 0 Å². The zero-order valence-corrected chi connectivity index (χ0v) is 12.9. The number of hydrogen-bond acceptors (Lipinski definition) is 3. The molecule has 0 bridgehead atoms. The first-order valence-corrected chi connectivity index (χ1v) is 7.34. The lowest BCUT2D eigenvalue weighted by Crippen LogP contribution is -2.40. The van der Waals surface area contributed by atoms with Crippen LogP contribution < -0.4 is 5.73 Å². The van der Waals surface area contributed by atoms with Gasteiger partial charge in [-0.1, -0.05) is 11.6 Å². The number of nitrogens with two attached hydrogens (primary N) is 1. The van der Waals surface area contributed by atoms with Crippen molar-refractivity contribution in [2.24, 2.45) is 5.92 Å². The number of rotatable bonds is 3. The number of carbonyl (C=O) groups excluding carboxylic acids is 1. The first kappa shape index (κ1) is 15.1. The van der Waals surface area contributed by atoms with Crippen LogP contribution in [0, 0.1) is 5.92 Å². The van der Waals surface area contributed by atoms with Crippen molar-refractivity contribution in [1.82, 2.24) is 9.80 Å².